The smallest absolute Gasteiger partial charge is 0.270 e. The van der Waals surface area contributed by atoms with Gasteiger partial charge >= 0.3 is 0 Å². The zero-order valence-corrected chi connectivity index (χ0v) is 15.4. The van der Waals surface area contributed by atoms with Gasteiger partial charge in [0.1, 0.15) is 17.2 Å². The molecule has 2 aromatic rings. The van der Waals surface area contributed by atoms with E-state index in [-0.39, 0.29) is 5.91 Å². The first-order chi connectivity index (χ1) is 13.2. The van der Waals surface area contributed by atoms with Gasteiger partial charge in [-0.05, 0) is 43.5 Å². The molecule has 1 aromatic carbocycles. The number of carbonyl (C=O) groups is 1. The first kappa shape index (κ1) is 17.6. The maximum absolute atomic E-state index is 12.8. The first-order valence-corrected chi connectivity index (χ1v) is 9.63. The van der Waals surface area contributed by atoms with Gasteiger partial charge in [-0.2, -0.15) is 5.26 Å². The van der Waals surface area contributed by atoms with E-state index in [1.807, 2.05) is 4.90 Å². The number of nitrogens with one attached hydrogen (secondary N) is 1. The Labute approximate surface area is 159 Å². The van der Waals surface area contributed by atoms with Gasteiger partial charge in [-0.25, -0.2) is 0 Å². The third-order valence-corrected chi connectivity index (χ3v) is 5.51. The summed E-state index contributed by atoms with van der Waals surface area (Å²) in [6, 6.07) is 11.5. The molecular formula is C21H24N4O2. The summed E-state index contributed by atoms with van der Waals surface area (Å²) < 4.78 is 5.77. The molecule has 2 aliphatic rings. The second-order valence-electron chi connectivity index (χ2n) is 7.25. The Hall–Kier alpha value is -2.78. The number of benzene rings is 1. The van der Waals surface area contributed by atoms with E-state index < -0.39 is 0 Å². The van der Waals surface area contributed by atoms with Crippen molar-refractivity contribution in [2.75, 3.05) is 26.2 Å². The number of aromatic nitrogens is 1. The molecule has 6 heteroatoms. The fourth-order valence-corrected chi connectivity index (χ4v) is 3.72. The normalized spacial score (nSPS) is 18.4. The van der Waals surface area contributed by atoms with Gasteiger partial charge in [-0.15, -0.1) is 0 Å². The molecular weight excluding hydrogens is 340 g/mol. The van der Waals surface area contributed by atoms with Crippen LogP contribution in [0, 0.1) is 11.3 Å². The molecule has 0 spiro atoms. The monoisotopic (exact) mass is 364 g/mol. The molecule has 0 atom stereocenters. The maximum Gasteiger partial charge on any atom is 0.270 e. The highest BCUT2D eigenvalue weighted by atomic mass is 16.5. The highest BCUT2D eigenvalue weighted by molar-refractivity contribution is 5.93. The second kappa shape index (κ2) is 7.85. The average Bonchev–Trinajstić information content (AvgIpc) is 2.98. The van der Waals surface area contributed by atoms with Gasteiger partial charge in [-0.1, -0.05) is 6.42 Å². The molecule has 4 rings (SSSR count). The Balaban J connectivity index is 1.37. The number of rotatable bonds is 4. The van der Waals surface area contributed by atoms with Gasteiger partial charge in [0.2, 0.25) is 0 Å². The number of carbonyl (C=O) groups excluding carboxylic acids is 1. The molecule has 1 saturated heterocycles. The molecule has 1 N–H and O–H groups in total. The van der Waals surface area contributed by atoms with Crippen LogP contribution in [0.4, 0.5) is 0 Å². The molecule has 1 aliphatic carbocycles. The lowest BCUT2D eigenvalue weighted by atomic mass is 9.91. The van der Waals surface area contributed by atoms with Gasteiger partial charge in [0.25, 0.3) is 5.91 Å². The number of aromatic amines is 1. The van der Waals surface area contributed by atoms with Crippen LogP contribution in [0.3, 0.4) is 0 Å². The van der Waals surface area contributed by atoms with Crippen molar-refractivity contribution >= 4 is 5.91 Å². The fourth-order valence-electron chi connectivity index (χ4n) is 3.72. The van der Waals surface area contributed by atoms with Gasteiger partial charge < -0.3 is 14.6 Å². The lowest BCUT2D eigenvalue weighted by molar-refractivity contribution is 0.0744. The lowest BCUT2D eigenvalue weighted by Gasteiger charge is -2.36. The van der Waals surface area contributed by atoms with Crippen LogP contribution in [0.2, 0.25) is 0 Å². The average molecular weight is 364 g/mol. The molecule has 0 bridgehead atoms. The molecule has 1 saturated carbocycles. The molecule has 140 valence electrons. The molecule has 0 unspecified atom stereocenters. The molecule has 6 nitrogen and oxygen atoms in total. The summed E-state index contributed by atoms with van der Waals surface area (Å²) in [4.78, 5) is 20.4. The van der Waals surface area contributed by atoms with Crippen molar-refractivity contribution in [2.24, 2.45) is 0 Å². The van der Waals surface area contributed by atoms with Crippen LogP contribution in [0.1, 0.15) is 41.7 Å². The number of hydrogen-bond acceptors (Lipinski definition) is 4. The van der Waals surface area contributed by atoms with E-state index in [1.54, 1.807) is 36.5 Å². The van der Waals surface area contributed by atoms with Gasteiger partial charge in [0, 0.05) is 44.5 Å². The minimum absolute atomic E-state index is 0.0279. The largest absolute Gasteiger partial charge is 0.456 e. The van der Waals surface area contributed by atoms with Crippen LogP contribution in [0.15, 0.2) is 36.5 Å². The summed E-state index contributed by atoms with van der Waals surface area (Å²) in [5.74, 6) is 1.26. The summed E-state index contributed by atoms with van der Waals surface area (Å²) in [5, 5.41) is 8.85. The zero-order valence-electron chi connectivity index (χ0n) is 15.4. The zero-order chi connectivity index (χ0) is 18.6. The third-order valence-electron chi connectivity index (χ3n) is 5.51. The van der Waals surface area contributed by atoms with Gasteiger partial charge in [-0.3, -0.25) is 9.69 Å². The molecule has 27 heavy (non-hydrogen) atoms. The first-order valence-electron chi connectivity index (χ1n) is 9.63. The van der Waals surface area contributed by atoms with Crippen LogP contribution in [0.5, 0.6) is 11.5 Å². The molecule has 2 heterocycles. The minimum Gasteiger partial charge on any atom is -0.456 e. The Bertz CT molecular complexity index is 833. The van der Waals surface area contributed by atoms with Crippen molar-refractivity contribution in [3.8, 4) is 17.6 Å². The number of H-pyrrole nitrogens is 1. The van der Waals surface area contributed by atoms with Crippen molar-refractivity contribution in [3.05, 3.63) is 47.8 Å². The van der Waals surface area contributed by atoms with Crippen molar-refractivity contribution in [3.63, 3.8) is 0 Å². The highest BCUT2D eigenvalue weighted by Crippen LogP contribution is 2.26. The van der Waals surface area contributed by atoms with Crippen LogP contribution in [-0.2, 0) is 0 Å². The van der Waals surface area contributed by atoms with Crippen molar-refractivity contribution in [1.82, 2.24) is 14.8 Å². The maximum atomic E-state index is 12.8. The van der Waals surface area contributed by atoms with Crippen molar-refractivity contribution in [1.29, 1.82) is 5.26 Å². The molecule has 2 fully saturated rings. The SMILES string of the molecule is N#Cc1ccc(Oc2c[nH]c(C(=O)N3CCCN(C4CCC4)CC3)c2)cc1. The number of nitrogens with zero attached hydrogens (tertiary/aromatic N) is 3. The topological polar surface area (TPSA) is 72.4 Å². The number of amides is 1. The standard InChI is InChI=1S/C21H24N4O2/c22-14-16-5-7-18(8-6-16)27-19-13-20(23-15-19)21(26)25-10-2-9-24(11-12-25)17-3-1-4-17/h5-8,13,15,17,23H,1-4,9-12H2. The summed E-state index contributed by atoms with van der Waals surface area (Å²) in [6.07, 6.45) is 6.68. The lowest BCUT2D eigenvalue weighted by Crippen LogP contribution is -2.42. The highest BCUT2D eigenvalue weighted by Gasteiger charge is 2.28. The summed E-state index contributed by atoms with van der Waals surface area (Å²) >= 11 is 0. The quantitative estimate of drug-likeness (QED) is 0.903. The van der Waals surface area contributed by atoms with Crippen LogP contribution >= 0.6 is 0 Å². The molecule has 1 aromatic heterocycles. The van der Waals surface area contributed by atoms with Crippen LogP contribution in [0.25, 0.3) is 0 Å². The van der Waals surface area contributed by atoms with E-state index in [9.17, 15) is 4.79 Å². The van der Waals surface area contributed by atoms with E-state index in [0.717, 1.165) is 38.6 Å². The van der Waals surface area contributed by atoms with Crippen molar-refractivity contribution in [2.45, 2.75) is 31.7 Å². The number of hydrogen-bond donors (Lipinski definition) is 1. The van der Waals surface area contributed by atoms with Gasteiger partial charge in [0.05, 0.1) is 11.6 Å². The van der Waals surface area contributed by atoms with E-state index in [4.69, 9.17) is 10.00 Å². The Kier molecular flexibility index (Phi) is 5.12. The minimum atomic E-state index is 0.0279. The van der Waals surface area contributed by atoms with E-state index >= 15 is 0 Å². The van der Waals surface area contributed by atoms with Crippen molar-refractivity contribution < 1.29 is 9.53 Å². The van der Waals surface area contributed by atoms with Crippen LogP contribution < -0.4 is 4.74 Å². The Morgan fingerprint density at radius 3 is 2.59 bits per heavy atom. The summed E-state index contributed by atoms with van der Waals surface area (Å²) in [5.41, 5.74) is 1.14. The third kappa shape index (κ3) is 3.99. The Morgan fingerprint density at radius 2 is 1.89 bits per heavy atom. The van der Waals surface area contributed by atoms with Crippen LogP contribution in [-0.4, -0.2) is 52.9 Å². The number of ether oxygens (including phenoxy) is 1. The fraction of sp³-hybridized carbons (Fsp3) is 0.429. The second-order valence-corrected chi connectivity index (χ2v) is 7.25. The Morgan fingerprint density at radius 1 is 1.07 bits per heavy atom. The predicted molar refractivity (Wildman–Crippen MR) is 102 cm³/mol. The van der Waals surface area contributed by atoms with E-state index in [2.05, 4.69) is 16.0 Å². The number of nitriles is 1. The molecule has 1 aliphatic heterocycles. The molecule has 1 amide bonds. The summed E-state index contributed by atoms with van der Waals surface area (Å²) in [7, 11) is 0. The van der Waals surface area contributed by atoms with Gasteiger partial charge in [0.15, 0.2) is 0 Å². The predicted octanol–water partition coefficient (Wildman–Crippen LogP) is 3.38. The van der Waals surface area contributed by atoms with E-state index in [0.29, 0.717) is 22.8 Å². The summed E-state index contributed by atoms with van der Waals surface area (Å²) in [6.45, 7) is 3.63. The molecule has 0 radical (unpaired) electrons. The van der Waals surface area contributed by atoms with E-state index in [1.165, 1.54) is 19.3 Å².